The molecule has 1 unspecified atom stereocenters. The monoisotopic (exact) mass is 394 g/mol. The van der Waals surface area contributed by atoms with Gasteiger partial charge in [0.1, 0.15) is 6.10 Å². The Balaban J connectivity index is 0.000000211. The lowest BCUT2D eigenvalue weighted by Gasteiger charge is -2.33. The molecule has 4 aliphatic rings. The molecule has 0 N–H and O–H groups in total. The molecule has 2 heterocycles. The number of hydrogen-bond acceptors (Lipinski definition) is 4. The summed E-state index contributed by atoms with van der Waals surface area (Å²) < 4.78 is 16.9. The first-order chi connectivity index (χ1) is 13.4. The van der Waals surface area contributed by atoms with Crippen LogP contribution >= 0.6 is 0 Å². The summed E-state index contributed by atoms with van der Waals surface area (Å²) in [6.45, 7) is 10.5. The van der Waals surface area contributed by atoms with E-state index in [4.69, 9.17) is 14.2 Å². The van der Waals surface area contributed by atoms with Gasteiger partial charge in [0, 0.05) is 6.61 Å². The van der Waals surface area contributed by atoms with Crippen molar-refractivity contribution in [2.45, 2.75) is 110 Å². The average Bonchev–Trinajstić information content (AvgIpc) is 3.28. The Kier molecular flexibility index (Phi) is 7.83. The molecular formula is C24H42O4. The van der Waals surface area contributed by atoms with Crippen LogP contribution in [-0.2, 0) is 19.0 Å². The van der Waals surface area contributed by atoms with E-state index in [1.54, 1.807) is 0 Å². The molecule has 28 heavy (non-hydrogen) atoms. The molecule has 2 saturated carbocycles. The summed E-state index contributed by atoms with van der Waals surface area (Å²) >= 11 is 0. The number of esters is 1. The minimum atomic E-state index is -0.185. The summed E-state index contributed by atoms with van der Waals surface area (Å²) in [6, 6.07) is 0. The summed E-state index contributed by atoms with van der Waals surface area (Å²) in [7, 11) is 0. The van der Waals surface area contributed by atoms with E-state index < -0.39 is 0 Å². The molecular weight excluding hydrogens is 352 g/mol. The maximum atomic E-state index is 12.2. The fourth-order valence-electron chi connectivity index (χ4n) is 5.21. The van der Waals surface area contributed by atoms with E-state index in [0.29, 0.717) is 12.0 Å². The molecule has 4 rings (SSSR count). The minimum absolute atomic E-state index is 0.0241. The highest BCUT2D eigenvalue weighted by Gasteiger charge is 2.45. The Morgan fingerprint density at radius 2 is 1.64 bits per heavy atom. The smallest absolute Gasteiger partial charge is 0.309 e. The third-order valence-electron chi connectivity index (χ3n) is 7.45. The predicted molar refractivity (Wildman–Crippen MR) is 111 cm³/mol. The van der Waals surface area contributed by atoms with Gasteiger partial charge in [-0.3, -0.25) is 4.79 Å². The van der Waals surface area contributed by atoms with Crippen molar-refractivity contribution in [3.63, 3.8) is 0 Å². The van der Waals surface area contributed by atoms with Crippen LogP contribution in [0.15, 0.2) is 0 Å². The highest BCUT2D eigenvalue weighted by molar-refractivity contribution is 5.72. The fourth-order valence-corrected chi connectivity index (χ4v) is 5.21. The van der Waals surface area contributed by atoms with Crippen LogP contribution in [0.25, 0.3) is 0 Å². The Morgan fingerprint density at radius 3 is 2.25 bits per heavy atom. The largest absolute Gasteiger partial charge is 0.457 e. The molecule has 4 heteroatoms. The average molecular weight is 395 g/mol. The summed E-state index contributed by atoms with van der Waals surface area (Å²) in [5.41, 5.74) is 0.382. The third kappa shape index (κ3) is 5.95. The van der Waals surface area contributed by atoms with Gasteiger partial charge in [0.25, 0.3) is 0 Å². The number of ether oxygens (including phenoxy) is 3. The molecule has 4 nitrogen and oxygen atoms in total. The zero-order chi connectivity index (χ0) is 20.1. The SMILES string of the molecule is CC(C)C1CCCCC1.CC1(C)CCC(C(=O)OC2CO[C@@H]3CCO[C@H]23)CC1. The summed E-state index contributed by atoms with van der Waals surface area (Å²) in [5.74, 6) is 2.03. The topological polar surface area (TPSA) is 44.8 Å². The molecule has 0 aromatic heterocycles. The van der Waals surface area contributed by atoms with Crippen LogP contribution in [0.2, 0.25) is 0 Å². The second-order valence-electron chi connectivity index (χ2n) is 10.6. The van der Waals surface area contributed by atoms with Crippen LogP contribution in [0.1, 0.15) is 91.9 Å². The molecule has 3 atom stereocenters. The van der Waals surface area contributed by atoms with Crippen molar-refractivity contribution in [3.05, 3.63) is 0 Å². The molecule has 0 bridgehead atoms. The molecule has 0 radical (unpaired) electrons. The van der Waals surface area contributed by atoms with Gasteiger partial charge in [-0.25, -0.2) is 0 Å². The minimum Gasteiger partial charge on any atom is -0.457 e. The lowest BCUT2D eigenvalue weighted by atomic mass is 9.73. The first-order valence-electron chi connectivity index (χ1n) is 11.8. The van der Waals surface area contributed by atoms with Crippen molar-refractivity contribution in [1.29, 1.82) is 0 Å². The lowest BCUT2D eigenvalue weighted by Crippen LogP contribution is -2.35. The zero-order valence-corrected chi connectivity index (χ0v) is 18.6. The Bertz CT molecular complexity index is 485. The normalized spacial score (nSPS) is 33.2. The maximum Gasteiger partial charge on any atom is 0.309 e. The fraction of sp³-hybridized carbons (Fsp3) is 0.958. The van der Waals surface area contributed by atoms with Crippen LogP contribution in [-0.4, -0.2) is 37.5 Å². The molecule has 0 amide bonds. The first-order valence-corrected chi connectivity index (χ1v) is 11.8. The van der Waals surface area contributed by atoms with E-state index in [1.165, 1.54) is 32.1 Å². The van der Waals surface area contributed by atoms with E-state index in [9.17, 15) is 4.79 Å². The van der Waals surface area contributed by atoms with Crippen LogP contribution in [0.3, 0.4) is 0 Å². The van der Waals surface area contributed by atoms with E-state index >= 15 is 0 Å². The standard InChI is InChI=1S/C15H24O4.C9H18/c1-15(2)6-3-10(4-7-15)14(16)19-12-9-18-11-5-8-17-13(11)12;1-8(2)9-6-4-3-5-7-9/h10-13H,3-9H2,1-2H3;8-9H,3-7H2,1-2H3/t11-,12?,13+;/m1./s1. The molecule has 4 fully saturated rings. The van der Waals surface area contributed by atoms with Crippen molar-refractivity contribution >= 4 is 5.97 Å². The predicted octanol–water partition coefficient (Wildman–Crippen LogP) is 5.53. The van der Waals surface area contributed by atoms with E-state index in [-0.39, 0.29) is 30.2 Å². The van der Waals surface area contributed by atoms with Gasteiger partial charge in [-0.1, -0.05) is 59.8 Å². The molecule has 2 aliphatic heterocycles. The third-order valence-corrected chi connectivity index (χ3v) is 7.45. The van der Waals surface area contributed by atoms with Gasteiger partial charge in [-0.15, -0.1) is 0 Å². The van der Waals surface area contributed by atoms with Gasteiger partial charge in [0.2, 0.25) is 0 Å². The van der Waals surface area contributed by atoms with Gasteiger partial charge in [0.15, 0.2) is 6.10 Å². The molecule has 0 spiro atoms. The number of rotatable bonds is 3. The van der Waals surface area contributed by atoms with Gasteiger partial charge < -0.3 is 14.2 Å². The summed E-state index contributed by atoms with van der Waals surface area (Å²) in [6.07, 6.45) is 12.4. The van der Waals surface area contributed by atoms with Crippen molar-refractivity contribution in [2.75, 3.05) is 13.2 Å². The second kappa shape index (κ2) is 9.93. The number of carbonyl (C=O) groups is 1. The van der Waals surface area contributed by atoms with Crippen molar-refractivity contribution in [3.8, 4) is 0 Å². The lowest BCUT2D eigenvalue weighted by molar-refractivity contribution is -0.160. The van der Waals surface area contributed by atoms with E-state index in [1.807, 2.05) is 0 Å². The van der Waals surface area contributed by atoms with Crippen molar-refractivity contribution in [2.24, 2.45) is 23.2 Å². The van der Waals surface area contributed by atoms with Crippen molar-refractivity contribution in [1.82, 2.24) is 0 Å². The Labute approximate surface area is 172 Å². The quantitative estimate of drug-likeness (QED) is 0.591. The highest BCUT2D eigenvalue weighted by atomic mass is 16.6. The van der Waals surface area contributed by atoms with Gasteiger partial charge in [-0.2, -0.15) is 0 Å². The van der Waals surface area contributed by atoms with Crippen LogP contribution in [0.5, 0.6) is 0 Å². The van der Waals surface area contributed by atoms with Gasteiger partial charge in [0.05, 0.1) is 18.6 Å². The highest BCUT2D eigenvalue weighted by Crippen LogP contribution is 2.39. The number of carbonyl (C=O) groups excluding carboxylic acids is 1. The molecule has 162 valence electrons. The second-order valence-corrected chi connectivity index (χ2v) is 10.6. The molecule has 0 aromatic carbocycles. The maximum absolute atomic E-state index is 12.2. The first kappa shape index (κ1) is 22.1. The Hall–Kier alpha value is -0.610. The van der Waals surface area contributed by atoms with Crippen molar-refractivity contribution < 1.29 is 19.0 Å². The van der Waals surface area contributed by atoms with Crippen LogP contribution in [0.4, 0.5) is 0 Å². The molecule has 2 aliphatic carbocycles. The van der Waals surface area contributed by atoms with E-state index in [0.717, 1.165) is 50.5 Å². The summed E-state index contributed by atoms with van der Waals surface area (Å²) in [4.78, 5) is 12.2. The van der Waals surface area contributed by atoms with Gasteiger partial charge in [-0.05, 0) is 49.4 Å². The number of hydrogen-bond donors (Lipinski definition) is 0. The van der Waals surface area contributed by atoms with Crippen LogP contribution in [0, 0.1) is 23.2 Å². The molecule has 2 saturated heterocycles. The van der Waals surface area contributed by atoms with E-state index in [2.05, 4.69) is 27.7 Å². The van der Waals surface area contributed by atoms with Gasteiger partial charge >= 0.3 is 5.97 Å². The Morgan fingerprint density at radius 1 is 0.964 bits per heavy atom. The zero-order valence-electron chi connectivity index (χ0n) is 18.6. The molecule has 0 aromatic rings. The van der Waals surface area contributed by atoms with Crippen LogP contribution < -0.4 is 0 Å². The summed E-state index contributed by atoms with van der Waals surface area (Å²) in [5, 5.41) is 0. The number of fused-ring (bicyclic) bond motifs is 1.